The number of halogens is 1. The van der Waals surface area contributed by atoms with Crippen molar-refractivity contribution < 1.29 is 0 Å². The highest BCUT2D eigenvalue weighted by molar-refractivity contribution is 6.66. The molecule has 18 heavy (non-hydrogen) atoms. The van der Waals surface area contributed by atoms with Crippen molar-refractivity contribution in [1.29, 1.82) is 0 Å². The molecule has 0 aromatic rings. The third-order valence-electron chi connectivity index (χ3n) is 2.80. The molecule has 5 nitrogen and oxygen atoms in total. The molecular weight excluding hydrogens is 250 g/mol. The van der Waals surface area contributed by atoms with E-state index in [2.05, 4.69) is 38.7 Å². The summed E-state index contributed by atoms with van der Waals surface area (Å²) in [5.74, 6) is 2.32. The second-order valence-corrected chi connectivity index (χ2v) is 4.72. The fourth-order valence-corrected chi connectivity index (χ4v) is 2.33. The Kier molecular flexibility index (Phi) is 4.11. The molecule has 2 heterocycles. The van der Waals surface area contributed by atoms with Crippen LogP contribution in [-0.4, -0.2) is 46.8 Å². The molecule has 0 spiro atoms. The van der Waals surface area contributed by atoms with Gasteiger partial charge in [-0.05, 0) is 31.4 Å². The molecule has 1 unspecified atom stereocenters. The molecule has 0 fully saturated rings. The standard InChI is InChI=1S/C12H18ClN5/c1-4-6-18(7-5-2)11-9-10(14-8(3)15-11)17-12(13)16-9/h9H,4-7H2,1-3H3. The summed E-state index contributed by atoms with van der Waals surface area (Å²) in [7, 11) is 0. The molecule has 0 saturated heterocycles. The van der Waals surface area contributed by atoms with Crippen molar-refractivity contribution in [3.63, 3.8) is 0 Å². The maximum absolute atomic E-state index is 5.88. The lowest BCUT2D eigenvalue weighted by Gasteiger charge is -2.29. The molecule has 1 atom stereocenters. The van der Waals surface area contributed by atoms with Gasteiger partial charge in [-0.1, -0.05) is 13.8 Å². The SMILES string of the molecule is CCCN(CCC)C1=NC(C)=NC2=NC(Cl)=NC21. The Balaban J connectivity index is 2.29. The summed E-state index contributed by atoms with van der Waals surface area (Å²) >= 11 is 5.88. The lowest BCUT2D eigenvalue weighted by molar-refractivity contribution is 0.409. The van der Waals surface area contributed by atoms with Crippen LogP contribution in [0.15, 0.2) is 20.0 Å². The third kappa shape index (κ3) is 2.61. The van der Waals surface area contributed by atoms with Crippen LogP contribution < -0.4 is 0 Å². The van der Waals surface area contributed by atoms with Crippen molar-refractivity contribution in [2.24, 2.45) is 20.0 Å². The van der Waals surface area contributed by atoms with E-state index in [1.165, 1.54) is 0 Å². The number of aliphatic imine (C=N–C) groups is 4. The average molecular weight is 268 g/mol. The van der Waals surface area contributed by atoms with Gasteiger partial charge < -0.3 is 4.90 Å². The van der Waals surface area contributed by atoms with E-state index < -0.39 is 0 Å². The van der Waals surface area contributed by atoms with Gasteiger partial charge in [-0.2, -0.15) is 0 Å². The van der Waals surface area contributed by atoms with Crippen LogP contribution in [0.4, 0.5) is 0 Å². The predicted octanol–water partition coefficient (Wildman–Crippen LogP) is 2.31. The van der Waals surface area contributed by atoms with Crippen LogP contribution in [-0.2, 0) is 0 Å². The molecule has 0 aromatic carbocycles. The molecule has 2 aliphatic rings. The van der Waals surface area contributed by atoms with E-state index in [1.54, 1.807) is 0 Å². The minimum absolute atomic E-state index is 0.209. The molecule has 0 saturated carbocycles. The molecule has 2 aliphatic heterocycles. The number of amidine groups is 4. The predicted molar refractivity (Wildman–Crippen MR) is 77.2 cm³/mol. The summed E-state index contributed by atoms with van der Waals surface area (Å²) < 4.78 is 0. The minimum Gasteiger partial charge on any atom is -0.358 e. The molecule has 0 amide bonds. The van der Waals surface area contributed by atoms with Crippen LogP contribution in [0.25, 0.3) is 0 Å². The average Bonchev–Trinajstić information content (AvgIpc) is 2.68. The molecule has 98 valence electrons. The van der Waals surface area contributed by atoms with E-state index in [0.717, 1.165) is 37.6 Å². The van der Waals surface area contributed by atoms with Crippen molar-refractivity contribution in [3.8, 4) is 0 Å². The zero-order chi connectivity index (χ0) is 13.1. The topological polar surface area (TPSA) is 52.7 Å². The van der Waals surface area contributed by atoms with Gasteiger partial charge in [0.05, 0.1) is 0 Å². The second kappa shape index (κ2) is 5.61. The van der Waals surface area contributed by atoms with Crippen LogP contribution in [0.3, 0.4) is 0 Å². The molecular formula is C12H18ClN5. The quantitative estimate of drug-likeness (QED) is 0.721. The Bertz CT molecular complexity index is 443. The Hall–Kier alpha value is -1.23. The van der Waals surface area contributed by atoms with E-state index >= 15 is 0 Å². The zero-order valence-electron chi connectivity index (χ0n) is 11.0. The summed E-state index contributed by atoms with van der Waals surface area (Å²) in [6.07, 6.45) is 2.15. The van der Waals surface area contributed by atoms with E-state index in [1.807, 2.05) is 6.92 Å². The lowest BCUT2D eigenvalue weighted by atomic mass is 10.2. The van der Waals surface area contributed by atoms with E-state index in [9.17, 15) is 0 Å². The maximum atomic E-state index is 5.88. The smallest absolute Gasteiger partial charge is 0.220 e. The largest absolute Gasteiger partial charge is 0.358 e. The minimum atomic E-state index is -0.209. The monoisotopic (exact) mass is 267 g/mol. The third-order valence-corrected chi connectivity index (χ3v) is 2.98. The van der Waals surface area contributed by atoms with Crippen molar-refractivity contribution in [2.45, 2.75) is 39.7 Å². The fraction of sp³-hybridized carbons (Fsp3) is 0.667. The van der Waals surface area contributed by atoms with Crippen LogP contribution >= 0.6 is 11.6 Å². The van der Waals surface area contributed by atoms with E-state index in [4.69, 9.17) is 11.6 Å². The molecule has 6 heteroatoms. The summed E-state index contributed by atoms with van der Waals surface area (Å²) in [5, 5.41) is 0.272. The second-order valence-electron chi connectivity index (χ2n) is 4.39. The summed E-state index contributed by atoms with van der Waals surface area (Å²) in [5.41, 5.74) is 0. The number of rotatable bonds is 4. The Labute approximate surface area is 112 Å². The fourth-order valence-electron chi connectivity index (χ4n) is 2.15. The molecule has 0 aromatic heterocycles. The highest BCUT2D eigenvalue weighted by Crippen LogP contribution is 2.18. The number of hydrogen-bond donors (Lipinski definition) is 0. The molecule has 0 bridgehead atoms. The summed E-state index contributed by atoms with van der Waals surface area (Å²) in [6.45, 7) is 8.13. The first-order valence-electron chi connectivity index (χ1n) is 6.36. The highest BCUT2D eigenvalue weighted by Gasteiger charge is 2.33. The molecule has 0 radical (unpaired) electrons. The van der Waals surface area contributed by atoms with Gasteiger partial charge in [0.1, 0.15) is 11.7 Å². The Morgan fingerprint density at radius 3 is 2.39 bits per heavy atom. The van der Waals surface area contributed by atoms with Crippen LogP contribution in [0.5, 0.6) is 0 Å². The maximum Gasteiger partial charge on any atom is 0.220 e. The highest BCUT2D eigenvalue weighted by atomic mass is 35.5. The first-order valence-corrected chi connectivity index (χ1v) is 6.74. The van der Waals surface area contributed by atoms with Crippen LogP contribution in [0.1, 0.15) is 33.6 Å². The normalized spacial score (nSPS) is 21.9. The van der Waals surface area contributed by atoms with Crippen LogP contribution in [0, 0.1) is 0 Å². The van der Waals surface area contributed by atoms with Gasteiger partial charge in [0.2, 0.25) is 5.29 Å². The number of hydrogen-bond acceptors (Lipinski definition) is 5. The van der Waals surface area contributed by atoms with Crippen molar-refractivity contribution in [1.82, 2.24) is 4.90 Å². The zero-order valence-corrected chi connectivity index (χ0v) is 11.8. The Morgan fingerprint density at radius 2 is 1.78 bits per heavy atom. The van der Waals surface area contributed by atoms with E-state index in [0.29, 0.717) is 5.84 Å². The van der Waals surface area contributed by atoms with Crippen molar-refractivity contribution in [3.05, 3.63) is 0 Å². The summed E-state index contributed by atoms with van der Waals surface area (Å²) in [4.78, 5) is 19.6. The van der Waals surface area contributed by atoms with Gasteiger partial charge in [-0.15, -0.1) is 0 Å². The van der Waals surface area contributed by atoms with Gasteiger partial charge in [0.25, 0.3) is 0 Å². The van der Waals surface area contributed by atoms with E-state index in [-0.39, 0.29) is 11.3 Å². The number of fused-ring (bicyclic) bond motifs is 1. The van der Waals surface area contributed by atoms with Gasteiger partial charge >= 0.3 is 0 Å². The van der Waals surface area contributed by atoms with Gasteiger partial charge in [-0.3, -0.25) is 0 Å². The first kappa shape index (κ1) is 13.2. The number of nitrogens with zero attached hydrogens (tertiary/aromatic N) is 5. The van der Waals surface area contributed by atoms with Crippen molar-refractivity contribution in [2.75, 3.05) is 13.1 Å². The van der Waals surface area contributed by atoms with Gasteiger partial charge in [-0.25, -0.2) is 20.0 Å². The molecule has 2 rings (SSSR count). The van der Waals surface area contributed by atoms with Gasteiger partial charge in [0, 0.05) is 13.1 Å². The Morgan fingerprint density at radius 1 is 1.11 bits per heavy atom. The van der Waals surface area contributed by atoms with Gasteiger partial charge in [0.15, 0.2) is 11.9 Å². The molecule has 0 N–H and O–H groups in total. The lowest BCUT2D eigenvalue weighted by Crippen LogP contribution is -2.44. The first-order chi connectivity index (χ1) is 8.65. The summed E-state index contributed by atoms with van der Waals surface area (Å²) in [6, 6.07) is -0.209. The van der Waals surface area contributed by atoms with Crippen molar-refractivity contribution >= 4 is 34.4 Å². The molecule has 0 aliphatic carbocycles. The van der Waals surface area contributed by atoms with Crippen LogP contribution in [0.2, 0.25) is 0 Å².